The second-order valence-corrected chi connectivity index (χ2v) is 4.81. The number of nitro groups is 1. The molecule has 1 aromatic heterocycles. The van der Waals surface area contributed by atoms with Gasteiger partial charge in [0.05, 0.1) is 18.1 Å². The minimum Gasteiger partial charge on any atom is -0.467 e. The Morgan fingerprint density at radius 2 is 2.30 bits per heavy atom. The Morgan fingerprint density at radius 1 is 1.55 bits per heavy atom. The van der Waals surface area contributed by atoms with E-state index in [-0.39, 0.29) is 11.7 Å². The normalized spacial score (nSPS) is 18.7. The molecule has 0 radical (unpaired) electrons. The number of pyridine rings is 1. The van der Waals surface area contributed by atoms with Crippen molar-refractivity contribution in [3.05, 3.63) is 27.9 Å². The van der Waals surface area contributed by atoms with Gasteiger partial charge in [-0.3, -0.25) is 10.1 Å². The minimum absolute atomic E-state index is 0.0178. The maximum absolute atomic E-state index is 11.8. The quantitative estimate of drug-likeness (QED) is 0.476. The molecule has 1 aliphatic heterocycles. The molecule has 0 N–H and O–H groups in total. The summed E-state index contributed by atoms with van der Waals surface area (Å²) in [7, 11) is 1.35. The van der Waals surface area contributed by atoms with Crippen LogP contribution in [0.15, 0.2) is 12.3 Å². The number of anilines is 1. The van der Waals surface area contributed by atoms with E-state index in [1.165, 1.54) is 19.4 Å². The van der Waals surface area contributed by atoms with E-state index in [0.29, 0.717) is 24.3 Å². The number of esters is 1. The summed E-state index contributed by atoms with van der Waals surface area (Å²) < 4.78 is 4.80. The Labute approximate surface area is 116 Å². The van der Waals surface area contributed by atoms with Crippen molar-refractivity contribution < 1.29 is 14.5 Å². The summed E-state index contributed by atoms with van der Waals surface area (Å²) in [5, 5.41) is 11.0. The molecule has 1 saturated heterocycles. The summed E-state index contributed by atoms with van der Waals surface area (Å²) in [6, 6.07) is 1.01. The van der Waals surface area contributed by atoms with Crippen molar-refractivity contribution in [2.24, 2.45) is 0 Å². The summed E-state index contributed by atoms with van der Waals surface area (Å²) >= 11 is 0. The maximum atomic E-state index is 11.8. The van der Waals surface area contributed by atoms with Gasteiger partial charge in [0.15, 0.2) is 0 Å². The molecule has 1 unspecified atom stereocenters. The number of methoxy groups -OCH3 is 1. The number of carbonyl (C=O) groups excluding carboxylic acids is 1. The number of rotatable bonds is 3. The highest BCUT2D eigenvalue weighted by Gasteiger charge is 2.31. The number of piperidine rings is 1. The molecular formula is C13H17N3O4. The summed E-state index contributed by atoms with van der Waals surface area (Å²) in [6.07, 6.45) is 4.01. The van der Waals surface area contributed by atoms with Gasteiger partial charge >= 0.3 is 5.97 Å². The van der Waals surface area contributed by atoms with E-state index in [4.69, 9.17) is 4.74 Å². The van der Waals surface area contributed by atoms with E-state index < -0.39 is 11.0 Å². The van der Waals surface area contributed by atoms with Crippen molar-refractivity contribution in [1.29, 1.82) is 0 Å². The van der Waals surface area contributed by atoms with E-state index in [0.717, 1.165) is 12.8 Å². The smallest absolute Gasteiger partial charge is 0.328 e. The van der Waals surface area contributed by atoms with Crippen molar-refractivity contribution >= 4 is 17.5 Å². The molecular weight excluding hydrogens is 262 g/mol. The van der Waals surface area contributed by atoms with Crippen molar-refractivity contribution in [3.63, 3.8) is 0 Å². The molecule has 1 aliphatic rings. The molecule has 0 spiro atoms. The summed E-state index contributed by atoms with van der Waals surface area (Å²) in [6.45, 7) is 2.29. The van der Waals surface area contributed by atoms with Gasteiger partial charge in [0.2, 0.25) is 0 Å². The predicted molar refractivity (Wildman–Crippen MR) is 72.6 cm³/mol. The largest absolute Gasteiger partial charge is 0.467 e. The topological polar surface area (TPSA) is 85.6 Å². The van der Waals surface area contributed by atoms with Crippen LogP contribution in [0.5, 0.6) is 0 Å². The molecule has 0 saturated carbocycles. The molecule has 0 bridgehead atoms. The Kier molecular flexibility index (Phi) is 4.16. The van der Waals surface area contributed by atoms with Crippen LogP contribution in [0.3, 0.4) is 0 Å². The number of ether oxygens (including phenoxy) is 1. The number of hydrogen-bond acceptors (Lipinski definition) is 6. The number of nitrogens with zero attached hydrogens (tertiary/aromatic N) is 3. The lowest BCUT2D eigenvalue weighted by Gasteiger charge is -2.34. The fourth-order valence-corrected chi connectivity index (χ4v) is 2.44. The summed E-state index contributed by atoms with van der Waals surface area (Å²) in [5.74, 6) is 0.132. The van der Waals surface area contributed by atoms with Gasteiger partial charge in [0.25, 0.3) is 5.69 Å². The first-order valence-electron chi connectivity index (χ1n) is 6.50. The molecule has 2 heterocycles. The van der Waals surface area contributed by atoms with Gasteiger partial charge < -0.3 is 9.64 Å². The number of aryl methyl sites for hydroxylation is 1. The van der Waals surface area contributed by atoms with E-state index >= 15 is 0 Å². The molecule has 20 heavy (non-hydrogen) atoms. The van der Waals surface area contributed by atoms with Crippen LogP contribution in [-0.4, -0.2) is 35.6 Å². The van der Waals surface area contributed by atoms with Crippen molar-refractivity contribution in [2.75, 3.05) is 18.6 Å². The lowest BCUT2D eigenvalue weighted by atomic mass is 10.0. The van der Waals surface area contributed by atoms with Gasteiger partial charge in [-0.05, 0) is 26.2 Å². The Balaban J connectivity index is 2.35. The van der Waals surface area contributed by atoms with Crippen LogP contribution < -0.4 is 4.90 Å². The third-order valence-electron chi connectivity index (χ3n) is 3.53. The highest BCUT2D eigenvalue weighted by Crippen LogP contribution is 2.28. The van der Waals surface area contributed by atoms with Crippen LogP contribution in [0.1, 0.15) is 24.8 Å². The molecule has 2 rings (SSSR count). The van der Waals surface area contributed by atoms with E-state index in [9.17, 15) is 14.9 Å². The highest BCUT2D eigenvalue weighted by atomic mass is 16.6. The average Bonchev–Trinajstić information content (AvgIpc) is 2.46. The van der Waals surface area contributed by atoms with Crippen molar-refractivity contribution in [3.8, 4) is 0 Å². The molecule has 1 fully saturated rings. The minimum atomic E-state index is -0.433. The second-order valence-electron chi connectivity index (χ2n) is 4.81. The Morgan fingerprint density at radius 3 is 2.95 bits per heavy atom. The van der Waals surface area contributed by atoms with Crippen LogP contribution in [-0.2, 0) is 9.53 Å². The first-order valence-corrected chi connectivity index (χ1v) is 6.50. The molecule has 108 valence electrons. The van der Waals surface area contributed by atoms with Crippen LogP contribution in [0.25, 0.3) is 0 Å². The van der Waals surface area contributed by atoms with E-state index in [1.807, 2.05) is 0 Å². The van der Waals surface area contributed by atoms with Crippen LogP contribution in [0.4, 0.5) is 11.5 Å². The fourth-order valence-electron chi connectivity index (χ4n) is 2.44. The molecule has 0 aromatic carbocycles. The van der Waals surface area contributed by atoms with Crippen LogP contribution in [0.2, 0.25) is 0 Å². The molecule has 0 aliphatic carbocycles. The standard InChI is InChI=1S/C13H17N3O4/c1-9-8-14-12(7-11(9)16(18)19)15-6-4-3-5-10(15)13(17)20-2/h7-8,10H,3-6H2,1-2H3. The zero-order chi connectivity index (χ0) is 14.7. The zero-order valence-corrected chi connectivity index (χ0v) is 11.5. The monoisotopic (exact) mass is 279 g/mol. The predicted octanol–water partition coefficient (Wildman–Crippen LogP) is 1.83. The first kappa shape index (κ1) is 14.2. The highest BCUT2D eigenvalue weighted by molar-refractivity contribution is 5.80. The molecule has 7 heteroatoms. The third-order valence-corrected chi connectivity index (χ3v) is 3.53. The lowest BCUT2D eigenvalue weighted by molar-refractivity contribution is -0.385. The SMILES string of the molecule is COC(=O)C1CCCCN1c1cc([N+](=O)[O-])c(C)cn1. The Hall–Kier alpha value is -2.18. The Bertz CT molecular complexity index is 532. The molecule has 7 nitrogen and oxygen atoms in total. The third kappa shape index (κ3) is 2.71. The van der Waals surface area contributed by atoms with Gasteiger partial charge in [-0.2, -0.15) is 0 Å². The van der Waals surface area contributed by atoms with Gasteiger partial charge in [-0.1, -0.05) is 0 Å². The lowest BCUT2D eigenvalue weighted by Crippen LogP contribution is -2.45. The average molecular weight is 279 g/mol. The number of hydrogen-bond donors (Lipinski definition) is 0. The van der Waals surface area contributed by atoms with E-state index in [1.54, 1.807) is 11.8 Å². The summed E-state index contributed by atoms with van der Waals surface area (Å²) in [4.78, 5) is 28.4. The van der Waals surface area contributed by atoms with Crippen LogP contribution in [0, 0.1) is 17.0 Å². The van der Waals surface area contributed by atoms with Crippen LogP contribution >= 0.6 is 0 Å². The van der Waals surface area contributed by atoms with Gasteiger partial charge in [-0.15, -0.1) is 0 Å². The number of carbonyl (C=O) groups is 1. The zero-order valence-electron chi connectivity index (χ0n) is 11.5. The second kappa shape index (κ2) is 5.85. The van der Waals surface area contributed by atoms with Gasteiger partial charge in [0.1, 0.15) is 11.9 Å². The van der Waals surface area contributed by atoms with Gasteiger partial charge in [-0.25, -0.2) is 9.78 Å². The fraction of sp³-hybridized carbons (Fsp3) is 0.538. The molecule has 1 atom stereocenters. The van der Waals surface area contributed by atoms with Crippen molar-refractivity contribution in [2.45, 2.75) is 32.2 Å². The van der Waals surface area contributed by atoms with Gasteiger partial charge in [0, 0.05) is 18.3 Å². The first-order chi connectivity index (χ1) is 9.54. The number of aromatic nitrogens is 1. The molecule has 0 amide bonds. The molecule has 1 aromatic rings. The maximum Gasteiger partial charge on any atom is 0.328 e. The van der Waals surface area contributed by atoms with E-state index in [2.05, 4.69) is 4.98 Å². The summed E-state index contributed by atoms with van der Waals surface area (Å²) in [5.41, 5.74) is 0.523. The van der Waals surface area contributed by atoms with Crippen molar-refractivity contribution in [1.82, 2.24) is 4.98 Å².